The van der Waals surface area contributed by atoms with Crippen LogP contribution in [0.4, 0.5) is 8.78 Å². The Balaban J connectivity index is 2.17. The van der Waals surface area contributed by atoms with Crippen LogP contribution in [0.5, 0.6) is 0 Å². The van der Waals surface area contributed by atoms with E-state index in [9.17, 15) is 8.78 Å². The first-order valence-electron chi connectivity index (χ1n) is 6.37. The average Bonchev–Trinajstić information content (AvgIpc) is 2.34. The fraction of sp³-hybridized carbons (Fsp3) is 0.571. The van der Waals surface area contributed by atoms with Gasteiger partial charge in [-0.05, 0) is 49.0 Å². The molecule has 1 heterocycles. The Morgan fingerprint density at radius 2 is 1.95 bits per heavy atom. The zero-order chi connectivity index (χ0) is 14.2. The van der Waals surface area contributed by atoms with E-state index in [0.717, 1.165) is 19.6 Å². The molecule has 2 nitrogen and oxygen atoms in total. The first-order chi connectivity index (χ1) is 8.81. The Labute approximate surface area is 121 Å². The van der Waals surface area contributed by atoms with Crippen LogP contribution < -0.4 is 0 Å². The van der Waals surface area contributed by atoms with Crippen LogP contribution in [-0.2, 0) is 6.54 Å². The Bertz CT molecular complexity index is 477. The Kier molecular flexibility index (Phi) is 4.28. The van der Waals surface area contributed by atoms with Crippen molar-refractivity contribution in [2.24, 2.45) is 0 Å². The van der Waals surface area contributed by atoms with E-state index in [0.29, 0.717) is 11.0 Å². The summed E-state index contributed by atoms with van der Waals surface area (Å²) >= 11 is 3.11. The number of likely N-dealkylation sites (N-methyl/N-ethyl adjacent to an activating group) is 1. The molecule has 0 unspecified atom stereocenters. The van der Waals surface area contributed by atoms with Gasteiger partial charge < -0.3 is 0 Å². The zero-order valence-electron chi connectivity index (χ0n) is 11.5. The molecule has 0 N–H and O–H groups in total. The molecular weight excluding hydrogens is 314 g/mol. The van der Waals surface area contributed by atoms with Crippen LogP contribution in [0.3, 0.4) is 0 Å². The van der Waals surface area contributed by atoms with E-state index in [-0.39, 0.29) is 11.1 Å². The van der Waals surface area contributed by atoms with Crippen LogP contribution in [0.2, 0.25) is 0 Å². The summed E-state index contributed by atoms with van der Waals surface area (Å²) in [6, 6.07) is 2.71. The van der Waals surface area contributed by atoms with E-state index in [1.54, 1.807) is 0 Å². The number of benzene rings is 1. The fourth-order valence-corrected chi connectivity index (χ4v) is 2.79. The maximum Gasteiger partial charge on any atom is 0.144 e. The van der Waals surface area contributed by atoms with Crippen molar-refractivity contribution in [2.75, 3.05) is 26.7 Å². The number of piperazine rings is 1. The van der Waals surface area contributed by atoms with E-state index in [4.69, 9.17) is 0 Å². The lowest BCUT2D eigenvalue weighted by molar-refractivity contribution is 0.0349. The van der Waals surface area contributed by atoms with E-state index in [1.807, 2.05) is 0 Å². The molecule has 0 radical (unpaired) electrons. The SMILES string of the molecule is CN1CCN(Cc2c(F)ccc(Br)c2F)CC1(C)C. The zero-order valence-corrected chi connectivity index (χ0v) is 13.1. The van der Waals surface area contributed by atoms with Crippen molar-refractivity contribution >= 4 is 15.9 Å². The van der Waals surface area contributed by atoms with Gasteiger partial charge in [0.15, 0.2) is 0 Å². The summed E-state index contributed by atoms with van der Waals surface area (Å²) in [5.41, 5.74) is 0.173. The molecule has 0 atom stereocenters. The van der Waals surface area contributed by atoms with Gasteiger partial charge in [0.25, 0.3) is 0 Å². The van der Waals surface area contributed by atoms with E-state index < -0.39 is 11.6 Å². The summed E-state index contributed by atoms with van der Waals surface area (Å²) in [6.07, 6.45) is 0. The van der Waals surface area contributed by atoms with Gasteiger partial charge in [-0.15, -0.1) is 0 Å². The Hall–Kier alpha value is -0.520. The highest BCUT2D eigenvalue weighted by atomic mass is 79.9. The molecular formula is C14H19BrF2N2. The minimum Gasteiger partial charge on any atom is -0.299 e. The number of halogens is 3. The number of nitrogens with zero attached hydrogens (tertiary/aromatic N) is 2. The second-order valence-electron chi connectivity index (χ2n) is 5.77. The van der Waals surface area contributed by atoms with Crippen molar-refractivity contribution in [1.29, 1.82) is 0 Å². The predicted molar refractivity (Wildman–Crippen MR) is 76.0 cm³/mol. The van der Waals surface area contributed by atoms with Crippen LogP contribution in [-0.4, -0.2) is 42.0 Å². The first kappa shape index (κ1) is 14.9. The lowest BCUT2D eigenvalue weighted by Crippen LogP contribution is -2.57. The first-order valence-corrected chi connectivity index (χ1v) is 7.16. The van der Waals surface area contributed by atoms with Crippen molar-refractivity contribution in [3.63, 3.8) is 0 Å². The molecule has 1 aliphatic heterocycles. The molecule has 2 rings (SSSR count). The third kappa shape index (κ3) is 3.15. The molecule has 1 aromatic carbocycles. The number of hydrogen-bond acceptors (Lipinski definition) is 2. The van der Waals surface area contributed by atoms with Crippen molar-refractivity contribution in [1.82, 2.24) is 9.80 Å². The quantitative estimate of drug-likeness (QED) is 0.767. The van der Waals surface area contributed by atoms with Gasteiger partial charge in [-0.2, -0.15) is 0 Å². The number of hydrogen-bond donors (Lipinski definition) is 0. The lowest BCUT2D eigenvalue weighted by Gasteiger charge is -2.45. The minimum absolute atomic E-state index is 0.0250. The van der Waals surface area contributed by atoms with E-state index >= 15 is 0 Å². The molecule has 1 fully saturated rings. The molecule has 1 aromatic rings. The maximum atomic E-state index is 14.0. The highest BCUT2D eigenvalue weighted by Gasteiger charge is 2.31. The molecule has 5 heteroatoms. The molecule has 0 aromatic heterocycles. The molecule has 0 aliphatic carbocycles. The largest absolute Gasteiger partial charge is 0.299 e. The minimum atomic E-state index is -0.489. The third-order valence-corrected chi connectivity index (χ3v) is 4.53. The van der Waals surface area contributed by atoms with Gasteiger partial charge in [-0.3, -0.25) is 9.80 Å². The van der Waals surface area contributed by atoms with Gasteiger partial charge in [0.1, 0.15) is 11.6 Å². The smallest absolute Gasteiger partial charge is 0.144 e. The van der Waals surface area contributed by atoms with Crippen LogP contribution in [0.15, 0.2) is 16.6 Å². The van der Waals surface area contributed by atoms with Gasteiger partial charge in [-0.25, -0.2) is 8.78 Å². The summed E-state index contributed by atoms with van der Waals surface area (Å²) in [4.78, 5) is 4.38. The molecule has 0 saturated carbocycles. The van der Waals surface area contributed by atoms with Gasteiger partial charge >= 0.3 is 0 Å². The highest BCUT2D eigenvalue weighted by molar-refractivity contribution is 9.10. The average molecular weight is 333 g/mol. The van der Waals surface area contributed by atoms with Crippen molar-refractivity contribution in [3.05, 3.63) is 33.8 Å². The van der Waals surface area contributed by atoms with Gasteiger partial charge in [0.2, 0.25) is 0 Å². The van der Waals surface area contributed by atoms with Gasteiger partial charge in [0, 0.05) is 37.3 Å². The van der Waals surface area contributed by atoms with Gasteiger partial charge in [0.05, 0.1) is 4.47 Å². The lowest BCUT2D eigenvalue weighted by atomic mass is 9.99. The summed E-state index contributed by atoms with van der Waals surface area (Å²) in [5, 5.41) is 0. The highest BCUT2D eigenvalue weighted by Crippen LogP contribution is 2.25. The second-order valence-corrected chi connectivity index (χ2v) is 6.62. The standard InChI is InChI=1S/C14H19BrF2N2/c1-14(2)9-19(7-6-18(14)3)8-10-12(16)5-4-11(15)13(10)17/h4-5H,6-9H2,1-3H3. The fourth-order valence-electron chi connectivity index (χ4n) is 2.41. The Morgan fingerprint density at radius 1 is 1.26 bits per heavy atom. The van der Waals surface area contributed by atoms with Crippen LogP contribution >= 0.6 is 15.9 Å². The summed E-state index contributed by atoms with van der Waals surface area (Å²) in [6.45, 7) is 7.14. The van der Waals surface area contributed by atoms with Crippen molar-refractivity contribution in [2.45, 2.75) is 25.9 Å². The van der Waals surface area contributed by atoms with Crippen LogP contribution in [0.25, 0.3) is 0 Å². The van der Waals surface area contributed by atoms with E-state index in [1.165, 1.54) is 12.1 Å². The summed E-state index contributed by atoms with van der Waals surface area (Å²) in [7, 11) is 2.08. The molecule has 0 bridgehead atoms. The molecule has 106 valence electrons. The third-order valence-electron chi connectivity index (χ3n) is 3.92. The predicted octanol–water partition coefficient (Wildman–Crippen LogP) is 3.25. The monoisotopic (exact) mass is 332 g/mol. The van der Waals surface area contributed by atoms with Crippen molar-refractivity contribution < 1.29 is 8.78 Å². The van der Waals surface area contributed by atoms with Crippen molar-refractivity contribution in [3.8, 4) is 0 Å². The number of rotatable bonds is 2. The maximum absolute atomic E-state index is 14.0. The molecule has 1 aliphatic rings. The second kappa shape index (κ2) is 5.46. The summed E-state index contributed by atoms with van der Waals surface area (Å²) < 4.78 is 28.0. The van der Waals surface area contributed by atoms with Crippen LogP contribution in [0.1, 0.15) is 19.4 Å². The van der Waals surface area contributed by atoms with E-state index in [2.05, 4.69) is 46.6 Å². The van der Waals surface area contributed by atoms with Crippen LogP contribution in [0, 0.1) is 11.6 Å². The molecule has 19 heavy (non-hydrogen) atoms. The Morgan fingerprint density at radius 3 is 2.58 bits per heavy atom. The molecule has 0 amide bonds. The topological polar surface area (TPSA) is 6.48 Å². The normalized spacial score (nSPS) is 20.7. The summed E-state index contributed by atoms with van der Waals surface area (Å²) in [5.74, 6) is -0.964. The molecule has 1 saturated heterocycles. The van der Waals surface area contributed by atoms with Gasteiger partial charge in [-0.1, -0.05) is 0 Å². The molecule has 0 spiro atoms.